The Bertz CT molecular complexity index is 316. The number of esters is 1. The van der Waals surface area contributed by atoms with Gasteiger partial charge in [-0.3, -0.25) is 4.79 Å². The molecule has 0 heterocycles. The molecule has 0 fully saturated rings. The average Bonchev–Trinajstić information content (AvgIpc) is 2.19. The number of hydrogen-bond acceptors (Lipinski definition) is 5. The zero-order valence-corrected chi connectivity index (χ0v) is 12.7. The van der Waals surface area contributed by atoms with Crippen LogP contribution in [0.4, 0.5) is 0 Å². The second kappa shape index (κ2) is 6.86. The largest absolute Gasteiger partial charge is 0.458 e. The van der Waals surface area contributed by atoms with E-state index in [2.05, 4.69) is 5.32 Å². The maximum absolute atomic E-state index is 12.0. The van der Waals surface area contributed by atoms with Crippen molar-refractivity contribution in [3.8, 4) is 0 Å². The number of carbonyl (C=O) groups excluding carboxylic acids is 2. The standard InChI is InChI=1S/C13H26N2O4/c1-12(2,3)18-8-9(15-10(16)7-14)11(17)19-13(4,5)6/h9H,7-8,14H2,1-6H3,(H,15,16)/t9-/m0/s1. The summed E-state index contributed by atoms with van der Waals surface area (Å²) in [5, 5.41) is 2.50. The fourth-order valence-corrected chi connectivity index (χ4v) is 1.13. The van der Waals surface area contributed by atoms with Crippen molar-refractivity contribution >= 4 is 11.9 Å². The zero-order chi connectivity index (χ0) is 15.3. The van der Waals surface area contributed by atoms with Crippen LogP contribution < -0.4 is 11.1 Å². The van der Waals surface area contributed by atoms with E-state index in [4.69, 9.17) is 15.2 Å². The summed E-state index contributed by atoms with van der Waals surface area (Å²) in [7, 11) is 0. The number of nitrogens with one attached hydrogen (secondary N) is 1. The van der Waals surface area contributed by atoms with Crippen molar-refractivity contribution in [2.24, 2.45) is 5.73 Å². The van der Waals surface area contributed by atoms with Gasteiger partial charge in [0.05, 0.1) is 18.8 Å². The summed E-state index contributed by atoms with van der Waals surface area (Å²) in [6.07, 6.45) is 0. The number of ether oxygens (including phenoxy) is 2. The third-order valence-electron chi connectivity index (χ3n) is 1.89. The van der Waals surface area contributed by atoms with Crippen LogP contribution in [-0.2, 0) is 19.1 Å². The van der Waals surface area contributed by atoms with E-state index in [1.54, 1.807) is 20.8 Å². The monoisotopic (exact) mass is 274 g/mol. The molecule has 112 valence electrons. The van der Waals surface area contributed by atoms with Gasteiger partial charge in [-0.1, -0.05) is 0 Å². The van der Waals surface area contributed by atoms with E-state index in [1.165, 1.54) is 0 Å². The van der Waals surface area contributed by atoms with Crippen molar-refractivity contribution < 1.29 is 19.1 Å². The van der Waals surface area contributed by atoms with E-state index in [1.807, 2.05) is 20.8 Å². The topological polar surface area (TPSA) is 90.6 Å². The van der Waals surface area contributed by atoms with Crippen molar-refractivity contribution in [3.05, 3.63) is 0 Å². The molecule has 6 heteroatoms. The van der Waals surface area contributed by atoms with Gasteiger partial charge in [-0.2, -0.15) is 0 Å². The number of amides is 1. The summed E-state index contributed by atoms with van der Waals surface area (Å²) >= 11 is 0. The van der Waals surface area contributed by atoms with E-state index in [0.29, 0.717) is 0 Å². The molecule has 0 saturated carbocycles. The molecule has 6 nitrogen and oxygen atoms in total. The van der Waals surface area contributed by atoms with E-state index in [9.17, 15) is 9.59 Å². The lowest BCUT2D eigenvalue weighted by molar-refractivity contribution is -0.161. The average molecular weight is 274 g/mol. The van der Waals surface area contributed by atoms with Gasteiger partial charge < -0.3 is 20.5 Å². The summed E-state index contributed by atoms with van der Waals surface area (Å²) in [6, 6.07) is -0.852. The first-order chi connectivity index (χ1) is 8.44. The molecule has 0 saturated heterocycles. The van der Waals surface area contributed by atoms with Gasteiger partial charge in [0, 0.05) is 0 Å². The minimum atomic E-state index is -0.852. The molecule has 3 N–H and O–H groups in total. The van der Waals surface area contributed by atoms with E-state index < -0.39 is 29.1 Å². The Morgan fingerprint density at radius 1 is 1.11 bits per heavy atom. The van der Waals surface area contributed by atoms with E-state index in [-0.39, 0.29) is 13.2 Å². The molecule has 0 aromatic heterocycles. The Labute approximate surface area is 115 Å². The molecular weight excluding hydrogens is 248 g/mol. The highest BCUT2D eigenvalue weighted by molar-refractivity contribution is 5.85. The van der Waals surface area contributed by atoms with Gasteiger partial charge in [-0.15, -0.1) is 0 Å². The third-order valence-corrected chi connectivity index (χ3v) is 1.89. The van der Waals surface area contributed by atoms with Gasteiger partial charge in [0.25, 0.3) is 0 Å². The normalized spacial score (nSPS) is 13.8. The molecule has 0 spiro atoms. The molecule has 0 bridgehead atoms. The predicted molar refractivity (Wildman–Crippen MR) is 72.5 cm³/mol. The maximum atomic E-state index is 12.0. The zero-order valence-electron chi connectivity index (χ0n) is 12.7. The molecule has 1 amide bonds. The third kappa shape index (κ3) is 9.44. The minimum Gasteiger partial charge on any atom is -0.458 e. The van der Waals surface area contributed by atoms with Crippen molar-refractivity contribution in [3.63, 3.8) is 0 Å². The van der Waals surface area contributed by atoms with Crippen LogP contribution in [0.25, 0.3) is 0 Å². The SMILES string of the molecule is CC(C)(C)OC[C@H](NC(=O)CN)C(=O)OC(C)(C)C. The molecule has 0 aliphatic heterocycles. The summed E-state index contributed by atoms with van der Waals surface area (Å²) in [4.78, 5) is 23.3. The van der Waals surface area contributed by atoms with Gasteiger partial charge in [-0.25, -0.2) is 4.79 Å². The van der Waals surface area contributed by atoms with Crippen LogP contribution in [0.3, 0.4) is 0 Å². The van der Waals surface area contributed by atoms with Crippen molar-refractivity contribution in [1.29, 1.82) is 0 Å². The Balaban J connectivity index is 4.66. The van der Waals surface area contributed by atoms with Gasteiger partial charge in [0.1, 0.15) is 5.60 Å². The molecule has 0 aliphatic rings. The Morgan fingerprint density at radius 2 is 1.63 bits per heavy atom. The summed E-state index contributed by atoms with van der Waals surface area (Å²) < 4.78 is 10.8. The molecule has 0 aliphatic carbocycles. The van der Waals surface area contributed by atoms with Crippen LogP contribution in [0.15, 0.2) is 0 Å². The lowest BCUT2D eigenvalue weighted by atomic mass is 10.1. The van der Waals surface area contributed by atoms with Crippen molar-refractivity contribution in [2.45, 2.75) is 58.8 Å². The molecule has 1 atom stereocenters. The lowest BCUT2D eigenvalue weighted by Crippen LogP contribution is -2.49. The van der Waals surface area contributed by atoms with Crippen LogP contribution in [0, 0.1) is 0 Å². The summed E-state index contributed by atoms with van der Waals surface area (Å²) in [6.45, 7) is 10.7. The quantitative estimate of drug-likeness (QED) is 0.716. The number of carbonyl (C=O) groups is 2. The van der Waals surface area contributed by atoms with E-state index >= 15 is 0 Å². The highest BCUT2D eigenvalue weighted by atomic mass is 16.6. The fourth-order valence-electron chi connectivity index (χ4n) is 1.13. The Morgan fingerprint density at radius 3 is 2.00 bits per heavy atom. The first kappa shape index (κ1) is 17.9. The first-order valence-corrected chi connectivity index (χ1v) is 6.31. The van der Waals surface area contributed by atoms with Crippen LogP contribution in [0.1, 0.15) is 41.5 Å². The number of rotatable bonds is 5. The van der Waals surface area contributed by atoms with E-state index in [0.717, 1.165) is 0 Å². The second-order valence-corrected chi connectivity index (χ2v) is 6.28. The Kier molecular flexibility index (Phi) is 6.45. The van der Waals surface area contributed by atoms with Crippen LogP contribution in [0.2, 0.25) is 0 Å². The van der Waals surface area contributed by atoms with Gasteiger partial charge >= 0.3 is 5.97 Å². The molecule has 0 radical (unpaired) electrons. The van der Waals surface area contributed by atoms with Gasteiger partial charge in [0.2, 0.25) is 5.91 Å². The maximum Gasteiger partial charge on any atom is 0.331 e. The smallest absolute Gasteiger partial charge is 0.331 e. The molecule has 19 heavy (non-hydrogen) atoms. The molecule has 0 aromatic rings. The van der Waals surface area contributed by atoms with Gasteiger partial charge in [-0.05, 0) is 41.5 Å². The fraction of sp³-hybridized carbons (Fsp3) is 0.846. The molecule has 0 unspecified atom stereocenters. The van der Waals surface area contributed by atoms with Crippen molar-refractivity contribution in [2.75, 3.05) is 13.2 Å². The van der Waals surface area contributed by atoms with Gasteiger partial charge in [0.15, 0.2) is 6.04 Å². The Hall–Kier alpha value is -1.14. The molecule has 0 rings (SSSR count). The second-order valence-electron chi connectivity index (χ2n) is 6.28. The highest BCUT2D eigenvalue weighted by Crippen LogP contribution is 2.11. The summed E-state index contributed by atoms with van der Waals surface area (Å²) in [5.41, 5.74) is 4.20. The molecule has 0 aromatic carbocycles. The van der Waals surface area contributed by atoms with Crippen LogP contribution in [0.5, 0.6) is 0 Å². The lowest BCUT2D eigenvalue weighted by Gasteiger charge is -2.27. The van der Waals surface area contributed by atoms with Crippen LogP contribution >= 0.6 is 0 Å². The minimum absolute atomic E-state index is 0.0458. The summed E-state index contributed by atoms with van der Waals surface area (Å²) in [5.74, 6) is -0.952. The van der Waals surface area contributed by atoms with Crippen LogP contribution in [-0.4, -0.2) is 42.3 Å². The predicted octanol–water partition coefficient (Wildman–Crippen LogP) is 0.587. The molecular formula is C13H26N2O4. The number of nitrogens with two attached hydrogens (primary N) is 1. The number of hydrogen-bond donors (Lipinski definition) is 2. The highest BCUT2D eigenvalue weighted by Gasteiger charge is 2.28. The van der Waals surface area contributed by atoms with Crippen molar-refractivity contribution in [1.82, 2.24) is 5.32 Å². The first-order valence-electron chi connectivity index (χ1n) is 6.31.